The predicted octanol–water partition coefficient (Wildman–Crippen LogP) is 0.0975. The van der Waals surface area contributed by atoms with Gasteiger partial charge in [-0.15, -0.1) is 0 Å². The highest BCUT2D eigenvalue weighted by Crippen LogP contribution is 2.16. The number of carboxylic acid groups (broad SMARTS) is 1. The number of hydrogen-bond acceptors (Lipinski definition) is 7. The Labute approximate surface area is 127 Å². The molecule has 1 aromatic rings. The third-order valence-corrected chi connectivity index (χ3v) is 3.02. The van der Waals surface area contributed by atoms with E-state index in [4.69, 9.17) is 14.6 Å². The molecule has 4 N–H and O–H groups in total. The Kier molecular flexibility index (Phi) is 7.47. The number of hydrogen-bond donors (Lipinski definition) is 4. The van der Waals surface area contributed by atoms with Gasteiger partial charge >= 0.3 is 0 Å². The van der Waals surface area contributed by atoms with Crippen molar-refractivity contribution in [3.63, 3.8) is 0 Å². The Balaban J connectivity index is 0.000000541. The summed E-state index contributed by atoms with van der Waals surface area (Å²) in [5.74, 6) is -1.06. The van der Waals surface area contributed by atoms with Crippen LogP contribution in [0.15, 0.2) is 6.20 Å². The number of ether oxygens (including phenoxy) is 1. The van der Waals surface area contributed by atoms with Crippen molar-refractivity contribution in [3.05, 3.63) is 12.0 Å². The topological polar surface area (TPSA) is 117 Å². The molecule has 2 atom stereocenters. The van der Waals surface area contributed by atoms with Gasteiger partial charge in [-0.25, -0.2) is 4.98 Å². The first-order valence-corrected chi connectivity index (χ1v) is 6.82. The van der Waals surface area contributed by atoms with Gasteiger partial charge in [-0.1, -0.05) is 0 Å². The van der Waals surface area contributed by atoms with E-state index in [0.717, 1.165) is 26.1 Å². The third kappa shape index (κ3) is 6.19. The maximum Gasteiger partial charge on any atom is 0.300 e. The zero-order chi connectivity index (χ0) is 16.5. The molecule has 0 amide bonds. The molecule has 1 aliphatic rings. The number of halogens is 1. The molecule has 0 saturated carbocycles. The molecule has 9 heteroatoms. The fraction of sp³-hybridized carbons (Fsp3) is 0.615. The molecule has 2 heterocycles. The van der Waals surface area contributed by atoms with Crippen LogP contribution >= 0.6 is 0 Å². The highest BCUT2D eigenvalue weighted by atomic mass is 19.1. The van der Waals surface area contributed by atoms with Crippen LogP contribution < -0.4 is 15.4 Å². The lowest BCUT2D eigenvalue weighted by Gasteiger charge is -2.28. The minimum atomic E-state index is -0.833. The minimum Gasteiger partial charge on any atom is -0.481 e. The second-order valence-corrected chi connectivity index (χ2v) is 4.77. The summed E-state index contributed by atoms with van der Waals surface area (Å²) < 4.78 is 17.9. The van der Waals surface area contributed by atoms with Crippen molar-refractivity contribution in [3.8, 4) is 5.88 Å². The van der Waals surface area contributed by atoms with Crippen LogP contribution in [-0.4, -0.2) is 59.0 Å². The highest BCUT2D eigenvalue weighted by Gasteiger charge is 2.22. The largest absolute Gasteiger partial charge is 0.481 e. The number of carboxylic acids is 1. The van der Waals surface area contributed by atoms with Crippen molar-refractivity contribution < 1.29 is 24.1 Å². The highest BCUT2D eigenvalue weighted by molar-refractivity contribution is 5.62. The number of anilines is 1. The molecule has 0 radical (unpaired) electrons. The fourth-order valence-corrected chi connectivity index (χ4v) is 1.94. The Morgan fingerprint density at radius 2 is 2.32 bits per heavy atom. The minimum absolute atomic E-state index is 0.0849. The lowest BCUT2D eigenvalue weighted by atomic mass is 9.95. The summed E-state index contributed by atoms with van der Waals surface area (Å²) in [6.07, 6.45) is 1.56. The summed E-state index contributed by atoms with van der Waals surface area (Å²) in [6, 6.07) is 0. The van der Waals surface area contributed by atoms with E-state index in [1.165, 1.54) is 7.11 Å². The van der Waals surface area contributed by atoms with Crippen LogP contribution in [0.3, 0.4) is 0 Å². The number of aliphatic hydroxyl groups is 1. The van der Waals surface area contributed by atoms with Gasteiger partial charge in [0.15, 0.2) is 0 Å². The molecule has 0 aliphatic carbocycles. The zero-order valence-corrected chi connectivity index (χ0v) is 12.5. The Bertz CT molecular complexity index is 485. The first-order chi connectivity index (χ1) is 10.4. The number of rotatable bonds is 4. The van der Waals surface area contributed by atoms with Gasteiger partial charge in [-0.2, -0.15) is 9.37 Å². The van der Waals surface area contributed by atoms with Gasteiger partial charge in [0.1, 0.15) is 0 Å². The van der Waals surface area contributed by atoms with Crippen LogP contribution in [0.25, 0.3) is 0 Å². The van der Waals surface area contributed by atoms with Crippen molar-refractivity contribution in [1.82, 2.24) is 15.3 Å². The number of piperidine rings is 1. The van der Waals surface area contributed by atoms with Crippen molar-refractivity contribution in [2.24, 2.45) is 5.92 Å². The molecule has 1 saturated heterocycles. The van der Waals surface area contributed by atoms with Gasteiger partial charge in [0.2, 0.25) is 11.8 Å². The fourth-order valence-electron chi connectivity index (χ4n) is 1.94. The van der Waals surface area contributed by atoms with Crippen molar-refractivity contribution in [2.45, 2.75) is 19.4 Å². The number of carbonyl (C=O) groups is 1. The molecular formula is C13H21FN4O4. The van der Waals surface area contributed by atoms with Gasteiger partial charge in [-0.05, 0) is 13.0 Å². The number of aliphatic hydroxyl groups excluding tert-OH is 1. The molecule has 0 bridgehead atoms. The van der Waals surface area contributed by atoms with Gasteiger partial charge in [0, 0.05) is 25.9 Å². The molecule has 1 aliphatic heterocycles. The zero-order valence-electron chi connectivity index (χ0n) is 12.5. The van der Waals surface area contributed by atoms with Gasteiger partial charge in [0.25, 0.3) is 11.8 Å². The second-order valence-electron chi connectivity index (χ2n) is 4.77. The first-order valence-electron chi connectivity index (χ1n) is 6.82. The quantitative estimate of drug-likeness (QED) is 0.618. The Hall–Kier alpha value is -2.00. The van der Waals surface area contributed by atoms with Crippen LogP contribution in [0.5, 0.6) is 5.88 Å². The average molecular weight is 316 g/mol. The van der Waals surface area contributed by atoms with Gasteiger partial charge < -0.3 is 25.6 Å². The Morgan fingerprint density at radius 3 is 2.91 bits per heavy atom. The summed E-state index contributed by atoms with van der Waals surface area (Å²) in [4.78, 5) is 16.7. The summed E-state index contributed by atoms with van der Waals surface area (Å²) >= 11 is 0. The number of nitrogens with zero attached hydrogens (tertiary/aromatic N) is 2. The molecule has 1 aromatic heterocycles. The molecule has 0 aromatic carbocycles. The first kappa shape index (κ1) is 18.1. The lowest BCUT2D eigenvalue weighted by molar-refractivity contribution is -0.134. The molecule has 8 nitrogen and oxygen atoms in total. The van der Waals surface area contributed by atoms with E-state index in [0.29, 0.717) is 19.0 Å². The normalized spacial score (nSPS) is 20.5. The van der Waals surface area contributed by atoms with Crippen LogP contribution in [0.4, 0.5) is 10.3 Å². The molecule has 0 unspecified atom stereocenters. The lowest BCUT2D eigenvalue weighted by Crippen LogP contribution is -2.43. The van der Waals surface area contributed by atoms with E-state index in [9.17, 15) is 9.50 Å². The van der Waals surface area contributed by atoms with Gasteiger partial charge in [-0.3, -0.25) is 4.79 Å². The van der Waals surface area contributed by atoms with E-state index in [1.54, 1.807) is 0 Å². The molecule has 1 fully saturated rings. The van der Waals surface area contributed by atoms with Crippen molar-refractivity contribution in [1.29, 1.82) is 0 Å². The summed E-state index contributed by atoms with van der Waals surface area (Å²) in [7, 11) is 1.35. The number of β-amino-alcohol motifs (C(OH)–C–C–N with tert-alkyl or cyclic N) is 1. The van der Waals surface area contributed by atoms with E-state index < -0.39 is 11.8 Å². The van der Waals surface area contributed by atoms with E-state index in [1.807, 2.05) is 0 Å². The molecule has 124 valence electrons. The van der Waals surface area contributed by atoms with Crippen LogP contribution in [0.1, 0.15) is 13.3 Å². The molecule has 0 spiro atoms. The third-order valence-electron chi connectivity index (χ3n) is 3.02. The second kappa shape index (κ2) is 9.11. The van der Waals surface area contributed by atoms with Crippen LogP contribution in [-0.2, 0) is 4.79 Å². The molecular weight excluding hydrogens is 295 g/mol. The maximum atomic E-state index is 13.1. The van der Waals surface area contributed by atoms with Crippen LogP contribution in [0, 0.1) is 11.7 Å². The van der Waals surface area contributed by atoms with Crippen LogP contribution in [0.2, 0.25) is 0 Å². The van der Waals surface area contributed by atoms with E-state index >= 15 is 0 Å². The van der Waals surface area contributed by atoms with E-state index in [2.05, 4.69) is 20.6 Å². The van der Waals surface area contributed by atoms with Gasteiger partial charge in [0.05, 0.1) is 19.4 Å². The molecule has 22 heavy (non-hydrogen) atoms. The number of methoxy groups -OCH3 is 1. The number of aromatic nitrogens is 2. The number of nitrogens with one attached hydrogen (secondary N) is 2. The average Bonchev–Trinajstić information content (AvgIpc) is 2.47. The summed E-state index contributed by atoms with van der Waals surface area (Å²) in [6.45, 7) is 3.12. The number of aliphatic carboxylic acids is 1. The maximum absolute atomic E-state index is 13.1. The van der Waals surface area contributed by atoms with E-state index in [-0.39, 0.29) is 17.9 Å². The summed E-state index contributed by atoms with van der Waals surface area (Å²) in [5.41, 5.74) is 0. The van der Waals surface area contributed by atoms with Crippen molar-refractivity contribution >= 4 is 11.9 Å². The standard InChI is InChI=1S/C11H17FN4O2.C2H4O2/c1-18-10-8(12)5-15-11(16-10)14-4-7-2-3-13-6-9(7)17;1-2(3)4/h5,7,9,13,17H,2-4,6H2,1H3,(H,14,15,16);1H3,(H,3,4)/t7-,9+;/m0./s1. The smallest absolute Gasteiger partial charge is 0.300 e. The SMILES string of the molecule is CC(=O)O.COc1nc(NC[C@@H]2CCNC[C@H]2O)ncc1F. The monoisotopic (exact) mass is 316 g/mol. The Morgan fingerprint density at radius 1 is 1.64 bits per heavy atom. The predicted molar refractivity (Wildman–Crippen MR) is 77.3 cm³/mol. The van der Waals surface area contributed by atoms with Crippen molar-refractivity contribution in [2.75, 3.05) is 32.1 Å². The molecule has 2 rings (SSSR count). The summed E-state index contributed by atoms with van der Waals surface area (Å²) in [5, 5.41) is 23.3.